The SMILES string of the molecule is CCCCNC(=O)C1CCCN(C(=O)c2cccnc2Oc2ccc(Br)cc2)C1. The normalized spacial score (nSPS) is 16.3. The van der Waals surface area contributed by atoms with Gasteiger partial charge in [0, 0.05) is 30.3 Å². The molecule has 2 heterocycles. The molecule has 2 amide bonds. The van der Waals surface area contributed by atoms with Crippen LogP contribution in [-0.2, 0) is 4.79 Å². The number of likely N-dealkylation sites (tertiary alicyclic amines) is 1. The number of aromatic nitrogens is 1. The summed E-state index contributed by atoms with van der Waals surface area (Å²) >= 11 is 3.39. The number of rotatable bonds is 7. The first-order chi connectivity index (χ1) is 14.1. The van der Waals surface area contributed by atoms with Crippen LogP contribution in [0.1, 0.15) is 43.0 Å². The highest BCUT2D eigenvalue weighted by atomic mass is 79.9. The molecule has 1 saturated heterocycles. The van der Waals surface area contributed by atoms with Gasteiger partial charge in [0.05, 0.1) is 5.92 Å². The molecule has 0 radical (unpaired) electrons. The standard InChI is InChI=1S/C22H26BrN3O3/c1-2-3-12-24-20(27)16-6-5-14-26(15-16)22(28)19-7-4-13-25-21(19)29-18-10-8-17(23)9-11-18/h4,7-11,13,16H,2-3,5-6,12,14-15H2,1H3,(H,24,27). The number of amides is 2. The highest BCUT2D eigenvalue weighted by molar-refractivity contribution is 9.10. The van der Waals surface area contributed by atoms with Gasteiger partial charge in [-0.1, -0.05) is 29.3 Å². The third-order valence-electron chi connectivity index (χ3n) is 4.94. The Hall–Kier alpha value is -2.41. The van der Waals surface area contributed by atoms with Gasteiger partial charge in [-0.2, -0.15) is 0 Å². The minimum Gasteiger partial charge on any atom is -0.438 e. The Labute approximate surface area is 179 Å². The first kappa shape index (κ1) is 21.3. The van der Waals surface area contributed by atoms with Crippen molar-refractivity contribution in [2.45, 2.75) is 32.6 Å². The molecule has 6 nitrogen and oxygen atoms in total. The first-order valence-electron chi connectivity index (χ1n) is 10.0. The predicted molar refractivity (Wildman–Crippen MR) is 115 cm³/mol. The number of nitrogens with one attached hydrogen (secondary N) is 1. The van der Waals surface area contributed by atoms with Gasteiger partial charge in [-0.3, -0.25) is 9.59 Å². The molecule has 0 spiro atoms. The lowest BCUT2D eigenvalue weighted by Gasteiger charge is -2.32. The van der Waals surface area contributed by atoms with Crippen LogP contribution in [0, 0.1) is 5.92 Å². The van der Waals surface area contributed by atoms with Gasteiger partial charge >= 0.3 is 0 Å². The van der Waals surface area contributed by atoms with E-state index in [9.17, 15) is 9.59 Å². The van der Waals surface area contributed by atoms with Crippen molar-refractivity contribution in [3.63, 3.8) is 0 Å². The smallest absolute Gasteiger partial charge is 0.259 e. The zero-order valence-electron chi connectivity index (χ0n) is 16.6. The summed E-state index contributed by atoms with van der Waals surface area (Å²) in [6.07, 6.45) is 5.22. The second kappa shape index (κ2) is 10.4. The van der Waals surface area contributed by atoms with Crippen molar-refractivity contribution in [1.82, 2.24) is 15.2 Å². The number of hydrogen-bond donors (Lipinski definition) is 1. The van der Waals surface area contributed by atoms with Crippen LogP contribution in [0.2, 0.25) is 0 Å². The molecule has 29 heavy (non-hydrogen) atoms. The number of hydrogen-bond acceptors (Lipinski definition) is 4. The summed E-state index contributed by atoms with van der Waals surface area (Å²) in [7, 11) is 0. The van der Waals surface area contributed by atoms with E-state index in [2.05, 4.69) is 33.2 Å². The van der Waals surface area contributed by atoms with E-state index >= 15 is 0 Å². The van der Waals surface area contributed by atoms with Crippen molar-refractivity contribution in [3.8, 4) is 11.6 Å². The van der Waals surface area contributed by atoms with Gasteiger partial charge in [0.2, 0.25) is 11.8 Å². The third-order valence-corrected chi connectivity index (χ3v) is 5.47. The molecule has 2 aromatic rings. The number of nitrogens with zero attached hydrogens (tertiary/aromatic N) is 2. The Morgan fingerprint density at radius 3 is 2.83 bits per heavy atom. The van der Waals surface area contributed by atoms with Crippen molar-refractivity contribution in [2.75, 3.05) is 19.6 Å². The van der Waals surface area contributed by atoms with Gasteiger partial charge in [0.15, 0.2) is 0 Å². The van der Waals surface area contributed by atoms with Crippen LogP contribution < -0.4 is 10.1 Å². The maximum Gasteiger partial charge on any atom is 0.259 e. The monoisotopic (exact) mass is 459 g/mol. The van der Waals surface area contributed by atoms with Crippen molar-refractivity contribution in [1.29, 1.82) is 0 Å². The van der Waals surface area contributed by atoms with E-state index in [1.807, 2.05) is 24.3 Å². The minimum atomic E-state index is -0.169. The van der Waals surface area contributed by atoms with Crippen LogP contribution in [-0.4, -0.2) is 41.3 Å². The van der Waals surface area contributed by atoms with E-state index in [4.69, 9.17) is 4.74 Å². The number of ether oxygens (including phenoxy) is 1. The molecule has 1 aromatic carbocycles. The Kier molecular flexibility index (Phi) is 7.63. The largest absolute Gasteiger partial charge is 0.438 e. The summed E-state index contributed by atoms with van der Waals surface area (Å²) in [6, 6.07) is 10.8. The number of benzene rings is 1. The first-order valence-corrected chi connectivity index (χ1v) is 10.8. The molecule has 0 bridgehead atoms. The summed E-state index contributed by atoms with van der Waals surface area (Å²) in [6.45, 7) is 3.83. The highest BCUT2D eigenvalue weighted by Gasteiger charge is 2.30. The van der Waals surface area contributed by atoms with Crippen LogP contribution in [0.15, 0.2) is 47.1 Å². The number of unbranched alkanes of at least 4 members (excludes halogenated alkanes) is 1. The number of carbonyl (C=O) groups is 2. The van der Waals surface area contributed by atoms with Gasteiger partial charge in [0.25, 0.3) is 5.91 Å². The summed E-state index contributed by atoms with van der Waals surface area (Å²) < 4.78 is 6.80. The predicted octanol–water partition coefficient (Wildman–Crippen LogP) is 4.40. The van der Waals surface area contributed by atoms with Crippen LogP contribution >= 0.6 is 15.9 Å². The van der Waals surface area contributed by atoms with Crippen molar-refractivity contribution in [3.05, 3.63) is 52.6 Å². The molecule has 1 aliphatic rings. The topological polar surface area (TPSA) is 71.5 Å². The molecule has 154 valence electrons. The van der Waals surface area contributed by atoms with E-state index in [1.165, 1.54) is 0 Å². The van der Waals surface area contributed by atoms with Crippen LogP contribution in [0.4, 0.5) is 0 Å². The van der Waals surface area contributed by atoms with Gasteiger partial charge in [0.1, 0.15) is 11.3 Å². The van der Waals surface area contributed by atoms with Gasteiger partial charge in [-0.15, -0.1) is 0 Å². The maximum absolute atomic E-state index is 13.2. The average Bonchev–Trinajstić information content (AvgIpc) is 2.75. The summed E-state index contributed by atoms with van der Waals surface area (Å²) in [5, 5.41) is 2.98. The Morgan fingerprint density at radius 2 is 2.07 bits per heavy atom. The third kappa shape index (κ3) is 5.79. The summed E-state index contributed by atoms with van der Waals surface area (Å²) in [5.41, 5.74) is 0.405. The van der Waals surface area contributed by atoms with Crippen LogP contribution in [0.3, 0.4) is 0 Å². The van der Waals surface area contributed by atoms with Crippen molar-refractivity contribution < 1.29 is 14.3 Å². The average molecular weight is 460 g/mol. The van der Waals surface area contributed by atoms with E-state index < -0.39 is 0 Å². The fourth-order valence-electron chi connectivity index (χ4n) is 3.33. The van der Waals surface area contributed by atoms with E-state index in [0.29, 0.717) is 30.9 Å². The van der Waals surface area contributed by atoms with Crippen LogP contribution in [0.25, 0.3) is 0 Å². The zero-order chi connectivity index (χ0) is 20.6. The van der Waals surface area contributed by atoms with Crippen LogP contribution in [0.5, 0.6) is 11.6 Å². The van der Waals surface area contributed by atoms with E-state index in [-0.39, 0.29) is 23.6 Å². The van der Waals surface area contributed by atoms with Crippen molar-refractivity contribution >= 4 is 27.7 Å². The second-order valence-corrected chi connectivity index (χ2v) is 8.06. The molecular weight excluding hydrogens is 434 g/mol. The van der Waals surface area contributed by atoms with E-state index in [0.717, 1.165) is 30.2 Å². The minimum absolute atomic E-state index is 0.0356. The lowest BCUT2D eigenvalue weighted by Crippen LogP contribution is -2.45. The molecule has 0 aliphatic carbocycles. The van der Waals surface area contributed by atoms with Gasteiger partial charge < -0.3 is 15.0 Å². The molecule has 0 saturated carbocycles. The summed E-state index contributed by atoms with van der Waals surface area (Å²) in [4.78, 5) is 31.6. The maximum atomic E-state index is 13.2. The molecule has 1 atom stereocenters. The molecule has 1 unspecified atom stereocenters. The molecule has 7 heteroatoms. The number of halogens is 1. The molecule has 3 rings (SSSR count). The lowest BCUT2D eigenvalue weighted by atomic mass is 9.96. The molecule has 1 N–H and O–H groups in total. The van der Waals surface area contributed by atoms with E-state index in [1.54, 1.807) is 23.2 Å². The zero-order valence-corrected chi connectivity index (χ0v) is 18.2. The number of carbonyl (C=O) groups excluding carboxylic acids is 2. The summed E-state index contributed by atoms with van der Waals surface area (Å²) in [5.74, 6) is 0.587. The highest BCUT2D eigenvalue weighted by Crippen LogP contribution is 2.27. The second-order valence-electron chi connectivity index (χ2n) is 7.15. The Balaban J connectivity index is 1.69. The fourth-order valence-corrected chi connectivity index (χ4v) is 3.59. The quantitative estimate of drug-likeness (QED) is 0.622. The number of piperidine rings is 1. The molecular formula is C22H26BrN3O3. The molecule has 1 aliphatic heterocycles. The van der Waals surface area contributed by atoms with Gasteiger partial charge in [-0.25, -0.2) is 4.98 Å². The Bertz CT molecular complexity index is 841. The van der Waals surface area contributed by atoms with Gasteiger partial charge in [-0.05, 0) is 55.7 Å². The fraction of sp³-hybridized carbons (Fsp3) is 0.409. The molecule has 1 fully saturated rings. The molecule has 1 aromatic heterocycles. The van der Waals surface area contributed by atoms with Crippen molar-refractivity contribution in [2.24, 2.45) is 5.92 Å². The Morgan fingerprint density at radius 1 is 1.28 bits per heavy atom. The number of pyridine rings is 1. The lowest BCUT2D eigenvalue weighted by molar-refractivity contribution is -0.126.